The van der Waals surface area contributed by atoms with Gasteiger partial charge in [0.1, 0.15) is 0 Å². The number of rotatable bonds is 9. The van der Waals surface area contributed by atoms with Crippen LogP contribution in [0, 0.1) is 0 Å². The molecule has 0 spiro atoms. The molecular weight excluding hydrogens is 299 g/mol. The Hall–Kier alpha value is 0.170. The van der Waals surface area contributed by atoms with E-state index in [1.165, 1.54) is 19.3 Å². The Kier molecular flexibility index (Phi) is 9.51. The number of unbranched alkanes of at least 4 members (excludes halogenated alkanes) is 3. The molecule has 88 valence electrons. The highest BCUT2D eigenvalue weighted by Gasteiger charge is 2.22. The summed E-state index contributed by atoms with van der Waals surface area (Å²) in [6.45, 7) is 5.92. The minimum Gasteiger partial charge on any atom is -0.389 e. The normalized spacial score (nSPS) is 15.4. The molecule has 0 aliphatic rings. The van der Waals surface area contributed by atoms with Crippen molar-refractivity contribution in [2.75, 3.05) is 0 Å². The van der Waals surface area contributed by atoms with Crippen molar-refractivity contribution in [2.24, 2.45) is 0 Å². The summed E-state index contributed by atoms with van der Waals surface area (Å²) in [4.78, 5) is 0. The molecular formula is C13H23IO. The maximum absolute atomic E-state index is 10.3. The predicted molar refractivity (Wildman–Crippen MR) is 76.3 cm³/mol. The van der Waals surface area contributed by atoms with Crippen LogP contribution in [0.25, 0.3) is 0 Å². The molecule has 1 N–H and O–H groups in total. The molecule has 0 saturated heterocycles. The predicted octanol–water partition coefficient (Wildman–Crippen LogP) is 4.60. The minimum atomic E-state index is -0.558. The lowest BCUT2D eigenvalue weighted by Crippen LogP contribution is -2.26. The Morgan fingerprint density at radius 2 is 2.00 bits per heavy atom. The maximum Gasteiger partial charge on any atom is 0.0716 e. The summed E-state index contributed by atoms with van der Waals surface area (Å²) in [5, 5.41) is 10.3. The van der Waals surface area contributed by atoms with E-state index in [1.54, 1.807) is 0 Å². The summed E-state index contributed by atoms with van der Waals surface area (Å²) in [7, 11) is 0. The molecule has 0 heterocycles. The first-order valence-electron chi connectivity index (χ1n) is 5.77. The largest absolute Gasteiger partial charge is 0.389 e. The SMILES string of the molecule is C=CCC(O)(CC=CI)CCCCCC. The van der Waals surface area contributed by atoms with Crippen LogP contribution in [0.5, 0.6) is 0 Å². The van der Waals surface area contributed by atoms with E-state index in [9.17, 15) is 5.11 Å². The van der Waals surface area contributed by atoms with Crippen molar-refractivity contribution in [3.05, 3.63) is 22.8 Å². The second-order valence-electron chi connectivity index (χ2n) is 4.09. The Labute approximate surface area is 108 Å². The lowest BCUT2D eigenvalue weighted by Gasteiger charge is -2.25. The molecule has 0 aliphatic heterocycles. The smallest absolute Gasteiger partial charge is 0.0716 e. The molecule has 0 aliphatic carbocycles. The third-order valence-electron chi connectivity index (χ3n) is 2.61. The minimum absolute atomic E-state index is 0.558. The fraction of sp³-hybridized carbons (Fsp3) is 0.692. The molecule has 0 bridgehead atoms. The summed E-state index contributed by atoms with van der Waals surface area (Å²) >= 11 is 2.19. The zero-order chi connectivity index (χ0) is 11.6. The fourth-order valence-electron chi connectivity index (χ4n) is 1.70. The van der Waals surface area contributed by atoms with Crippen molar-refractivity contribution in [1.29, 1.82) is 0 Å². The van der Waals surface area contributed by atoms with Crippen LogP contribution in [0.3, 0.4) is 0 Å². The van der Waals surface area contributed by atoms with Crippen LogP contribution in [0.4, 0.5) is 0 Å². The van der Waals surface area contributed by atoms with E-state index < -0.39 is 5.60 Å². The highest BCUT2D eigenvalue weighted by molar-refractivity contribution is 14.1. The van der Waals surface area contributed by atoms with Crippen LogP contribution in [0.2, 0.25) is 0 Å². The van der Waals surface area contributed by atoms with Gasteiger partial charge in [-0.15, -0.1) is 6.58 Å². The highest BCUT2D eigenvalue weighted by atomic mass is 127. The molecule has 1 unspecified atom stereocenters. The van der Waals surface area contributed by atoms with Gasteiger partial charge in [-0.3, -0.25) is 0 Å². The Morgan fingerprint density at radius 1 is 1.27 bits per heavy atom. The number of aliphatic hydroxyl groups is 1. The molecule has 0 radical (unpaired) electrons. The van der Waals surface area contributed by atoms with E-state index in [1.807, 2.05) is 16.2 Å². The molecule has 15 heavy (non-hydrogen) atoms. The molecule has 0 aromatic rings. The lowest BCUT2D eigenvalue weighted by atomic mass is 9.89. The first-order valence-corrected chi connectivity index (χ1v) is 7.01. The molecule has 0 saturated carbocycles. The van der Waals surface area contributed by atoms with Gasteiger partial charge in [0.2, 0.25) is 0 Å². The van der Waals surface area contributed by atoms with Crippen LogP contribution in [-0.4, -0.2) is 10.7 Å². The summed E-state index contributed by atoms with van der Waals surface area (Å²) in [6, 6.07) is 0. The summed E-state index contributed by atoms with van der Waals surface area (Å²) in [5.41, 5.74) is -0.558. The molecule has 2 heteroatoms. The highest BCUT2D eigenvalue weighted by Crippen LogP contribution is 2.24. The first-order chi connectivity index (χ1) is 7.18. The third-order valence-corrected chi connectivity index (χ3v) is 3.12. The van der Waals surface area contributed by atoms with Crippen molar-refractivity contribution in [1.82, 2.24) is 0 Å². The van der Waals surface area contributed by atoms with Crippen LogP contribution in [-0.2, 0) is 0 Å². The van der Waals surface area contributed by atoms with Gasteiger partial charge >= 0.3 is 0 Å². The van der Waals surface area contributed by atoms with Crippen LogP contribution < -0.4 is 0 Å². The number of hydrogen-bond donors (Lipinski definition) is 1. The van der Waals surface area contributed by atoms with Crippen molar-refractivity contribution in [3.63, 3.8) is 0 Å². The van der Waals surface area contributed by atoms with Gasteiger partial charge in [0.05, 0.1) is 5.60 Å². The van der Waals surface area contributed by atoms with E-state index in [0.717, 1.165) is 19.3 Å². The van der Waals surface area contributed by atoms with Gasteiger partial charge in [0.15, 0.2) is 0 Å². The molecule has 0 fully saturated rings. The Balaban J connectivity index is 3.94. The number of hydrogen-bond acceptors (Lipinski definition) is 1. The quantitative estimate of drug-likeness (QED) is 0.374. The second-order valence-corrected chi connectivity index (χ2v) is 4.81. The average molecular weight is 322 g/mol. The summed E-state index contributed by atoms with van der Waals surface area (Å²) in [5.74, 6) is 0. The monoisotopic (exact) mass is 322 g/mol. The molecule has 0 amide bonds. The third kappa shape index (κ3) is 8.03. The standard InChI is InChI=1S/C13H23IO/c1-3-5-6-7-10-13(15,9-4-2)11-8-12-14/h4,8,12,15H,2-3,5-7,9-11H2,1H3. The van der Waals surface area contributed by atoms with Crippen molar-refractivity contribution in [3.8, 4) is 0 Å². The van der Waals surface area contributed by atoms with Gasteiger partial charge in [-0.25, -0.2) is 0 Å². The van der Waals surface area contributed by atoms with Crippen molar-refractivity contribution >= 4 is 22.6 Å². The van der Waals surface area contributed by atoms with Crippen molar-refractivity contribution in [2.45, 2.75) is 57.5 Å². The topological polar surface area (TPSA) is 20.2 Å². The van der Waals surface area contributed by atoms with E-state index in [4.69, 9.17) is 0 Å². The van der Waals surface area contributed by atoms with Gasteiger partial charge in [-0.2, -0.15) is 0 Å². The van der Waals surface area contributed by atoms with Gasteiger partial charge in [0, 0.05) is 0 Å². The summed E-state index contributed by atoms with van der Waals surface area (Å²) < 4.78 is 1.97. The fourth-order valence-corrected chi connectivity index (χ4v) is 1.96. The van der Waals surface area contributed by atoms with Crippen LogP contribution >= 0.6 is 22.6 Å². The first kappa shape index (κ1) is 15.2. The van der Waals surface area contributed by atoms with E-state index in [2.05, 4.69) is 36.1 Å². The van der Waals surface area contributed by atoms with Gasteiger partial charge < -0.3 is 5.11 Å². The molecule has 0 rings (SSSR count). The molecule has 0 aromatic heterocycles. The average Bonchev–Trinajstić information content (AvgIpc) is 2.22. The zero-order valence-electron chi connectivity index (χ0n) is 9.71. The van der Waals surface area contributed by atoms with Gasteiger partial charge in [-0.05, 0) is 23.3 Å². The zero-order valence-corrected chi connectivity index (χ0v) is 11.9. The van der Waals surface area contributed by atoms with E-state index >= 15 is 0 Å². The van der Waals surface area contributed by atoms with E-state index in [0.29, 0.717) is 6.42 Å². The molecule has 0 aromatic carbocycles. The lowest BCUT2D eigenvalue weighted by molar-refractivity contribution is 0.0348. The van der Waals surface area contributed by atoms with Crippen LogP contribution in [0.1, 0.15) is 51.9 Å². The second kappa shape index (κ2) is 9.40. The Morgan fingerprint density at radius 3 is 2.53 bits per heavy atom. The van der Waals surface area contributed by atoms with Crippen molar-refractivity contribution < 1.29 is 5.11 Å². The Bertz CT molecular complexity index is 189. The number of halogens is 1. The molecule has 1 atom stereocenters. The van der Waals surface area contributed by atoms with Gasteiger partial charge in [-0.1, -0.05) is 67.3 Å². The summed E-state index contributed by atoms with van der Waals surface area (Å²) in [6.07, 6.45) is 11.0. The maximum atomic E-state index is 10.3. The van der Waals surface area contributed by atoms with Gasteiger partial charge in [0.25, 0.3) is 0 Å². The van der Waals surface area contributed by atoms with Crippen LogP contribution in [0.15, 0.2) is 22.8 Å². The van der Waals surface area contributed by atoms with E-state index in [-0.39, 0.29) is 0 Å². The molecule has 1 nitrogen and oxygen atoms in total.